The van der Waals surface area contributed by atoms with Crippen molar-refractivity contribution < 1.29 is 19.8 Å². The molecule has 0 spiro atoms. The minimum Gasteiger partial charge on any atom is -0.394 e. The SMILES string of the molecule is C=C(N=C(ON)c1cc(C)nc(CC(C)C)c1)c1ccc(CCC(=O)NC(CO)CO)cc1. The van der Waals surface area contributed by atoms with E-state index >= 15 is 0 Å². The third kappa shape index (κ3) is 8.42. The van der Waals surface area contributed by atoms with Crippen LogP contribution in [0, 0.1) is 12.8 Å². The number of pyridine rings is 1. The van der Waals surface area contributed by atoms with Gasteiger partial charge in [-0.3, -0.25) is 9.78 Å². The van der Waals surface area contributed by atoms with Gasteiger partial charge >= 0.3 is 0 Å². The third-order valence-corrected chi connectivity index (χ3v) is 4.95. The number of nitrogens with one attached hydrogen (secondary N) is 1. The summed E-state index contributed by atoms with van der Waals surface area (Å²) >= 11 is 0. The Morgan fingerprint density at radius 1 is 1.18 bits per heavy atom. The lowest BCUT2D eigenvalue weighted by Crippen LogP contribution is -2.40. The van der Waals surface area contributed by atoms with E-state index in [0.29, 0.717) is 18.0 Å². The second-order valence-electron chi connectivity index (χ2n) is 8.39. The lowest BCUT2D eigenvalue weighted by atomic mass is 10.0. The van der Waals surface area contributed by atoms with Crippen LogP contribution in [0.25, 0.3) is 5.70 Å². The number of hydrogen-bond donors (Lipinski definition) is 4. The van der Waals surface area contributed by atoms with E-state index in [2.05, 4.69) is 35.7 Å². The highest BCUT2D eigenvalue weighted by Crippen LogP contribution is 2.18. The highest BCUT2D eigenvalue weighted by Gasteiger charge is 2.12. The summed E-state index contributed by atoms with van der Waals surface area (Å²) < 4.78 is 0. The van der Waals surface area contributed by atoms with Crippen LogP contribution in [0.3, 0.4) is 0 Å². The molecule has 0 fully saturated rings. The summed E-state index contributed by atoms with van der Waals surface area (Å²) in [4.78, 5) is 26.0. The van der Waals surface area contributed by atoms with Gasteiger partial charge in [0.15, 0.2) is 0 Å². The number of nitrogens with two attached hydrogens (primary N) is 1. The molecule has 0 unspecified atom stereocenters. The number of aliphatic hydroxyl groups is 2. The fourth-order valence-electron chi connectivity index (χ4n) is 3.30. The van der Waals surface area contributed by atoms with Gasteiger partial charge in [-0.15, -0.1) is 0 Å². The van der Waals surface area contributed by atoms with E-state index in [0.717, 1.165) is 34.5 Å². The number of aliphatic hydroxyl groups excluding tert-OH is 2. The van der Waals surface area contributed by atoms with E-state index in [-0.39, 0.29) is 31.4 Å². The van der Waals surface area contributed by atoms with E-state index in [9.17, 15) is 4.79 Å². The first-order valence-electron chi connectivity index (χ1n) is 11.0. The Kier molecular flexibility index (Phi) is 10.2. The molecule has 0 bridgehead atoms. The van der Waals surface area contributed by atoms with E-state index in [1.54, 1.807) is 0 Å². The molecule has 0 radical (unpaired) electrons. The van der Waals surface area contributed by atoms with Crippen LogP contribution in [0.1, 0.15) is 48.3 Å². The summed E-state index contributed by atoms with van der Waals surface area (Å²) in [6.45, 7) is 9.63. The average Bonchev–Trinajstić information content (AvgIpc) is 2.78. The quantitative estimate of drug-likeness (QED) is 0.234. The number of aliphatic imine (C=N–C) groups is 1. The monoisotopic (exact) mass is 454 g/mol. The van der Waals surface area contributed by atoms with Gasteiger partial charge in [-0.2, -0.15) is 5.90 Å². The van der Waals surface area contributed by atoms with Crippen LogP contribution in [0.4, 0.5) is 0 Å². The van der Waals surface area contributed by atoms with Gasteiger partial charge in [0.2, 0.25) is 11.8 Å². The minimum atomic E-state index is -0.634. The molecule has 8 heteroatoms. The van der Waals surface area contributed by atoms with Crippen molar-refractivity contribution >= 4 is 17.5 Å². The Morgan fingerprint density at radius 2 is 1.85 bits per heavy atom. The lowest BCUT2D eigenvalue weighted by molar-refractivity contribution is -0.122. The number of benzene rings is 1. The van der Waals surface area contributed by atoms with Crippen molar-refractivity contribution in [3.8, 4) is 0 Å². The maximum absolute atomic E-state index is 11.9. The minimum absolute atomic E-state index is 0.226. The Morgan fingerprint density at radius 3 is 2.42 bits per heavy atom. The van der Waals surface area contributed by atoms with E-state index in [1.165, 1.54) is 0 Å². The van der Waals surface area contributed by atoms with Gasteiger partial charge in [-0.1, -0.05) is 44.7 Å². The highest BCUT2D eigenvalue weighted by molar-refractivity contribution is 5.97. The van der Waals surface area contributed by atoms with Crippen LogP contribution >= 0.6 is 0 Å². The largest absolute Gasteiger partial charge is 0.394 e. The van der Waals surface area contributed by atoms with E-state index in [4.69, 9.17) is 20.9 Å². The lowest BCUT2D eigenvalue weighted by Gasteiger charge is -2.13. The van der Waals surface area contributed by atoms with Crippen molar-refractivity contribution in [3.63, 3.8) is 0 Å². The average molecular weight is 455 g/mol. The summed E-state index contributed by atoms with van der Waals surface area (Å²) in [5.41, 5.74) is 4.81. The summed E-state index contributed by atoms with van der Waals surface area (Å²) in [6.07, 6.45) is 1.62. The number of hydrogen-bond acceptors (Lipinski definition) is 7. The number of aryl methyl sites for hydroxylation is 2. The fraction of sp³-hybridized carbons (Fsp3) is 0.400. The zero-order valence-corrected chi connectivity index (χ0v) is 19.5. The Labute approximate surface area is 195 Å². The number of amides is 1. The van der Waals surface area contributed by atoms with Crippen molar-refractivity contribution in [2.45, 2.75) is 46.1 Å². The maximum Gasteiger partial charge on any atom is 0.245 e. The van der Waals surface area contributed by atoms with Crippen molar-refractivity contribution in [1.29, 1.82) is 0 Å². The van der Waals surface area contributed by atoms with Crippen LogP contribution in [0.15, 0.2) is 48.0 Å². The van der Waals surface area contributed by atoms with Crippen molar-refractivity contribution in [2.24, 2.45) is 16.8 Å². The molecule has 178 valence electrons. The Bertz CT molecular complexity index is 967. The Balaban J connectivity index is 2.08. The zero-order valence-electron chi connectivity index (χ0n) is 19.5. The predicted molar refractivity (Wildman–Crippen MR) is 129 cm³/mol. The van der Waals surface area contributed by atoms with Gasteiger partial charge in [-0.25, -0.2) is 4.99 Å². The van der Waals surface area contributed by atoms with Gasteiger partial charge in [0.05, 0.1) is 25.0 Å². The highest BCUT2D eigenvalue weighted by atomic mass is 16.6. The molecule has 1 aromatic carbocycles. The number of carbonyl (C=O) groups excluding carboxylic acids is 1. The molecule has 0 saturated carbocycles. The molecule has 0 aliphatic carbocycles. The molecule has 2 rings (SSSR count). The van der Waals surface area contributed by atoms with Crippen molar-refractivity contribution in [2.75, 3.05) is 13.2 Å². The number of nitrogens with zero attached hydrogens (tertiary/aromatic N) is 2. The molecular weight excluding hydrogens is 420 g/mol. The summed E-state index contributed by atoms with van der Waals surface area (Å²) in [6, 6.07) is 10.7. The van der Waals surface area contributed by atoms with Crippen LogP contribution in [-0.2, 0) is 22.5 Å². The van der Waals surface area contributed by atoms with Crippen LogP contribution < -0.4 is 11.2 Å². The molecule has 5 N–H and O–H groups in total. The first-order valence-corrected chi connectivity index (χ1v) is 11.0. The Hall–Kier alpha value is -3.07. The number of rotatable bonds is 11. The molecule has 1 heterocycles. The normalized spacial score (nSPS) is 11.7. The standard InChI is InChI=1S/C25H34N4O4/c1-16(2)11-22-13-21(12-17(3)27-22)25(33-26)28-18(4)20-8-5-19(6-9-20)7-10-24(32)29-23(14-30)15-31/h5-6,8-9,12-13,16,23,30-31H,4,7,10-11,14-15,26H2,1-3H3,(H,29,32). The molecule has 0 aliphatic rings. The molecule has 33 heavy (non-hydrogen) atoms. The molecular formula is C25H34N4O4. The van der Waals surface area contributed by atoms with Gasteiger partial charge < -0.3 is 20.4 Å². The fourth-order valence-corrected chi connectivity index (χ4v) is 3.30. The van der Waals surface area contributed by atoms with E-state index < -0.39 is 6.04 Å². The second kappa shape index (κ2) is 12.8. The van der Waals surface area contributed by atoms with E-state index in [1.807, 2.05) is 43.3 Å². The summed E-state index contributed by atoms with van der Waals surface area (Å²) in [5.74, 6) is 6.02. The van der Waals surface area contributed by atoms with Gasteiger partial charge in [-0.05, 0) is 48.9 Å². The first kappa shape index (κ1) is 26.2. The van der Waals surface area contributed by atoms with Gasteiger partial charge in [0.1, 0.15) is 0 Å². The topological polar surface area (TPSA) is 130 Å². The van der Waals surface area contributed by atoms with Gasteiger partial charge in [0.25, 0.3) is 0 Å². The van der Waals surface area contributed by atoms with Crippen molar-refractivity contribution in [3.05, 3.63) is 71.1 Å². The molecule has 1 aromatic heterocycles. The second-order valence-corrected chi connectivity index (χ2v) is 8.39. The molecule has 8 nitrogen and oxygen atoms in total. The first-order chi connectivity index (χ1) is 15.7. The summed E-state index contributed by atoms with van der Waals surface area (Å²) in [5, 5.41) is 20.7. The van der Waals surface area contributed by atoms with Crippen LogP contribution in [0.2, 0.25) is 0 Å². The van der Waals surface area contributed by atoms with Crippen LogP contribution in [0.5, 0.6) is 0 Å². The summed E-state index contributed by atoms with van der Waals surface area (Å²) in [7, 11) is 0. The molecule has 0 aliphatic heterocycles. The number of aromatic nitrogens is 1. The smallest absolute Gasteiger partial charge is 0.245 e. The predicted octanol–water partition coefficient (Wildman–Crippen LogP) is 2.30. The molecule has 1 amide bonds. The third-order valence-electron chi connectivity index (χ3n) is 4.95. The molecule has 2 aromatic rings. The maximum atomic E-state index is 11.9. The van der Waals surface area contributed by atoms with Crippen LogP contribution in [-0.4, -0.2) is 46.3 Å². The molecule has 0 atom stereocenters. The van der Waals surface area contributed by atoms with Crippen molar-refractivity contribution in [1.82, 2.24) is 10.3 Å². The number of carbonyl (C=O) groups is 1. The zero-order chi connectivity index (χ0) is 24.4. The van der Waals surface area contributed by atoms with Gasteiger partial charge in [0, 0.05) is 23.4 Å². The molecule has 0 saturated heterocycles.